The minimum absolute atomic E-state index is 0.389. The van der Waals surface area contributed by atoms with Crippen LogP contribution in [0.2, 0.25) is 0 Å². The van der Waals surface area contributed by atoms with Crippen molar-refractivity contribution in [2.75, 3.05) is 12.4 Å². The average molecular weight is 280 g/mol. The van der Waals surface area contributed by atoms with E-state index in [-0.39, 0.29) is 0 Å². The molecule has 0 spiro atoms. The minimum atomic E-state index is -1.52. The maximum absolute atomic E-state index is 9.28. The van der Waals surface area contributed by atoms with Gasteiger partial charge in [0.05, 0.1) is 5.52 Å². The SMILES string of the molecule is CNc1nc(-c2cccnc2)nc2cc(B(O)O)ccc12. The standard InChI is InChI=1S/C14H13BN4O2/c1-16-14-11-5-4-10(15(20)21)7-12(11)18-13(19-14)9-3-2-6-17-8-9/h2-8,20-21H,1H3,(H,16,18,19). The fraction of sp³-hybridized carbons (Fsp3) is 0.0714. The Morgan fingerprint density at radius 2 is 2.00 bits per heavy atom. The highest BCUT2D eigenvalue weighted by Crippen LogP contribution is 2.23. The number of hydrogen-bond donors (Lipinski definition) is 3. The van der Waals surface area contributed by atoms with E-state index < -0.39 is 7.12 Å². The second kappa shape index (κ2) is 5.47. The topological polar surface area (TPSA) is 91.2 Å². The molecule has 0 aliphatic heterocycles. The zero-order valence-corrected chi connectivity index (χ0v) is 11.4. The number of hydrogen-bond acceptors (Lipinski definition) is 6. The van der Waals surface area contributed by atoms with Gasteiger partial charge in [-0.05, 0) is 29.7 Å². The Morgan fingerprint density at radius 3 is 2.67 bits per heavy atom. The highest BCUT2D eigenvalue weighted by Gasteiger charge is 2.14. The fourth-order valence-corrected chi connectivity index (χ4v) is 2.12. The molecular formula is C14H13BN4O2. The van der Waals surface area contributed by atoms with Gasteiger partial charge < -0.3 is 15.4 Å². The van der Waals surface area contributed by atoms with Crippen LogP contribution >= 0.6 is 0 Å². The van der Waals surface area contributed by atoms with Crippen molar-refractivity contribution in [3.63, 3.8) is 0 Å². The molecule has 0 radical (unpaired) electrons. The summed E-state index contributed by atoms with van der Waals surface area (Å²) in [5.41, 5.74) is 1.82. The van der Waals surface area contributed by atoms with Crippen molar-refractivity contribution < 1.29 is 10.0 Å². The molecule has 0 aliphatic carbocycles. The molecule has 0 bridgehead atoms. The summed E-state index contributed by atoms with van der Waals surface area (Å²) in [4.78, 5) is 13.0. The van der Waals surface area contributed by atoms with Crippen LogP contribution in [0.15, 0.2) is 42.7 Å². The number of nitrogens with zero attached hydrogens (tertiary/aromatic N) is 3. The third-order valence-electron chi connectivity index (χ3n) is 3.18. The first-order valence-corrected chi connectivity index (χ1v) is 6.45. The van der Waals surface area contributed by atoms with Gasteiger partial charge in [-0.3, -0.25) is 4.98 Å². The highest BCUT2D eigenvalue weighted by atomic mass is 16.4. The van der Waals surface area contributed by atoms with Gasteiger partial charge in [0.15, 0.2) is 5.82 Å². The fourth-order valence-electron chi connectivity index (χ4n) is 2.12. The van der Waals surface area contributed by atoms with Crippen molar-refractivity contribution in [1.29, 1.82) is 0 Å². The van der Waals surface area contributed by atoms with Gasteiger partial charge in [0.2, 0.25) is 0 Å². The van der Waals surface area contributed by atoms with Crippen molar-refractivity contribution in [3.8, 4) is 11.4 Å². The molecule has 0 amide bonds. The van der Waals surface area contributed by atoms with Gasteiger partial charge in [0.1, 0.15) is 5.82 Å². The Bertz CT molecular complexity index is 781. The summed E-state index contributed by atoms with van der Waals surface area (Å²) in [6, 6.07) is 8.74. The van der Waals surface area contributed by atoms with E-state index in [4.69, 9.17) is 0 Å². The molecule has 7 heteroatoms. The predicted octanol–water partition coefficient (Wildman–Crippen LogP) is 0.413. The van der Waals surface area contributed by atoms with E-state index in [0.29, 0.717) is 22.6 Å². The molecular weight excluding hydrogens is 267 g/mol. The predicted molar refractivity (Wildman–Crippen MR) is 82.1 cm³/mol. The number of anilines is 1. The smallest absolute Gasteiger partial charge is 0.423 e. The van der Waals surface area contributed by atoms with Crippen LogP contribution in [0.3, 0.4) is 0 Å². The molecule has 3 aromatic rings. The van der Waals surface area contributed by atoms with E-state index in [0.717, 1.165) is 10.9 Å². The van der Waals surface area contributed by atoms with Crippen LogP contribution in [0.25, 0.3) is 22.3 Å². The monoisotopic (exact) mass is 280 g/mol. The van der Waals surface area contributed by atoms with E-state index in [1.54, 1.807) is 37.6 Å². The first-order chi connectivity index (χ1) is 10.2. The number of aromatic nitrogens is 3. The van der Waals surface area contributed by atoms with E-state index in [9.17, 15) is 10.0 Å². The molecule has 2 heterocycles. The number of fused-ring (bicyclic) bond motifs is 1. The summed E-state index contributed by atoms with van der Waals surface area (Å²) in [6.07, 6.45) is 3.37. The number of benzene rings is 1. The molecule has 2 aromatic heterocycles. The van der Waals surface area contributed by atoms with Crippen LogP contribution in [-0.2, 0) is 0 Å². The van der Waals surface area contributed by atoms with Gasteiger partial charge in [-0.25, -0.2) is 9.97 Å². The second-order valence-electron chi connectivity index (χ2n) is 4.54. The Morgan fingerprint density at radius 1 is 1.14 bits per heavy atom. The molecule has 21 heavy (non-hydrogen) atoms. The lowest BCUT2D eigenvalue weighted by molar-refractivity contribution is 0.426. The van der Waals surface area contributed by atoms with Crippen LogP contribution < -0.4 is 10.8 Å². The average Bonchev–Trinajstić information content (AvgIpc) is 2.54. The lowest BCUT2D eigenvalue weighted by Gasteiger charge is -2.09. The van der Waals surface area contributed by atoms with Gasteiger partial charge in [-0.2, -0.15) is 0 Å². The number of pyridine rings is 1. The summed E-state index contributed by atoms with van der Waals surface area (Å²) in [5, 5.41) is 22.4. The van der Waals surface area contributed by atoms with Crippen molar-refractivity contribution in [3.05, 3.63) is 42.7 Å². The van der Waals surface area contributed by atoms with Gasteiger partial charge in [-0.15, -0.1) is 0 Å². The Hall–Kier alpha value is -2.51. The molecule has 0 saturated carbocycles. The van der Waals surface area contributed by atoms with Crippen LogP contribution in [-0.4, -0.2) is 39.2 Å². The molecule has 104 valence electrons. The molecule has 0 saturated heterocycles. The van der Waals surface area contributed by atoms with Gasteiger partial charge in [-0.1, -0.05) is 6.07 Å². The molecule has 0 fully saturated rings. The summed E-state index contributed by atoms with van der Waals surface area (Å²) in [5.74, 6) is 1.21. The van der Waals surface area contributed by atoms with Crippen LogP contribution in [0.1, 0.15) is 0 Å². The van der Waals surface area contributed by atoms with Crippen LogP contribution in [0.4, 0.5) is 5.82 Å². The van der Waals surface area contributed by atoms with Crippen molar-refractivity contribution in [1.82, 2.24) is 15.0 Å². The normalized spacial score (nSPS) is 10.6. The summed E-state index contributed by atoms with van der Waals surface area (Å²) < 4.78 is 0. The molecule has 1 aromatic carbocycles. The Balaban J connectivity index is 2.23. The van der Waals surface area contributed by atoms with Crippen molar-refractivity contribution in [2.24, 2.45) is 0 Å². The zero-order valence-electron chi connectivity index (χ0n) is 11.4. The van der Waals surface area contributed by atoms with Gasteiger partial charge in [0, 0.05) is 30.4 Å². The van der Waals surface area contributed by atoms with Gasteiger partial charge in [0.25, 0.3) is 0 Å². The summed E-state index contributed by atoms with van der Waals surface area (Å²) >= 11 is 0. The maximum atomic E-state index is 9.28. The molecule has 6 nitrogen and oxygen atoms in total. The van der Waals surface area contributed by atoms with Gasteiger partial charge >= 0.3 is 7.12 Å². The second-order valence-corrected chi connectivity index (χ2v) is 4.54. The molecule has 3 N–H and O–H groups in total. The van der Waals surface area contributed by atoms with E-state index >= 15 is 0 Å². The zero-order chi connectivity index (χ0) is 14.8. The quantitative estimate of drug-likeness (QED) is 0.602. The maximum Gasteiger partial charge on any atom is 0.488 e. The first kappa shape index (κ1) is 13.5. The van der Waals surface area contributed by atoms with Crippen LogP contribution in [0, 0.1) is 0 Å². The largest absolute Gasteiger partial charge is 0.488 e. The summed E-state index contributed by atoms with van der Waals surface area (Å²) in [7, 11) is 0.257. The van der Waals surface area contributed by atoms with Crippen LogP contribution in [0.5, 0.6) is 0 Å². The lowest BCUT2D eigenvalue weighted by atomic mass is 9.80. The van der Waals surface area contributed by atoms with E-state index in [1.807, 2.05) is 12.1 Å². The third kappa shape index (κ3) is 2.56. The number of nitrogens with one attached hydrogen (secondary N) is 1. The molecule has 0 aliphatic rings. The summed E-state index contributed by atoms with van der Waals surface area (Å²) in [6.45, 7) is 0. The molecule has 3 rings (SSSR count). The minimum Gasteiger partial charge on any atom is -0.423 e. The third-order valence-corrected chi connectivity index (χ3v) is 3.18. The van der Waals surface area contributed by atoms with E-state index in [1.165, 1.54) is 0 Å². The molecule has 0 atom stereocenters. The Kier molecular flexibility index (Phi) is 3.51. The van der Waals surface area contributed by atoms with Crippen molar-refractivity contribution >= 4 is 29.3 Å². The number of rotatable bonds is 3. The first-order valence-electron chi connectivity index (χ1n) is 6.45. The highest BCUT2D eigenvalue weighted by molar-refractivity contribution is 6.58. The van der Waals surface area contributed by atoms with Crippen molar-refractivity contribution in [2.45, 2.75) is 0 Å². The van der Waals surface area contributed by atoms with E-state index in [2.05, 4.69) is 20.3 Å². The Labute approximate surface area is 121 Å². The molecule has 0 unspecified atom stereocenters. The lowest BCUT2D eigenvalue weighted by Crippen LogP contribution is -2.29.